The molecule has 6 nitrogen and oxygen atoms in total. The van der Waals surface area contributed by atoms with Crippen molar-refractivity contribution in [2.75, 3.05) is 20.1 Å². The monoisotopic (exact) mass is 316 g/mol. The van der Waals surface area contributed by atoms with Crippen LogP contribution in [-0.2, 0) is 6.54 Å². The fourth-order valence-corrected chi connectivity index (χ4v) is 3.76. The second kappa shape index (κ2) is 5.33. The van der Waals surface area contributed by atoms with E-state index in [4.69, 9.17) is 4.74 Å². The van der Waals surface area contributed by atoms with Crippen molar-refractivity contribution in [3.8, 4) is 5.88 Å². The Morgan fingerprint density at radius 3 is 3.09 bits per heavy atom. The first-order valence-corrected chi connectivity index (χ1v) is 8.10. The Balaban J connectivity index is 1.58. The number of carbonyl (C=O) groups is 1. The highest BCUT2D eigenvalue weighted by Crippen LogP contribution is 2.29. The average Bonchev–Trinajstić information content (AvgIpc) is 3.15. The number of ether oxygens (including phenoxy) is 1. The van der Waals surface area contributed by atoms with Gasteiger partial charge in [0.1, 0.15) is 16.7 Å². The molecule has 1 amide bonds. The molecule has 4 heterocycles. The van der Waals surface area contributed by atoms with Crippen molar-refractivity contribution >= 4 is 17.2 Å². The molecule has 0 aliphatic carbocycles. The van der Waals surface area contributed by atoms with Crippen LogP contribution in [0, 0.1) is 0 Å². The van der Waals surface area contributed by atoms with Crippen LogP contribution in [-0.4, -0.2) is 58.0 Å². The van der Waals surface area contributed by atoms with Gasteiger partial charge in [-0.3, -0.25) is 9.69 Å². The molecule has 0 bridgehead atoms. The van der Waals surface area contributed by atoms with Crippen molar-refractivity contribution in [3.63, 3.8) is 0 Å². The maximum atomic E-state index is 12.6. The summed E-state index contributed by atoms with van der Waals surface area (Å²) < 4.78 is 6.04. The number of thiazole rings is 1. The average molecular weight is 316 g/mol. The highest BCUT2D eigenvalue weighted by Gasteiger charge is 2.42. The summed E-state index contributed by atoms with van der Waals surface area (Å²) in [5.74, 6) is 0.426. The smallest absolute Gasteiger partial charge is 0.259 e. The van der Waals surface area contributed by atoms with Gasteiger partial charge in [-0.1, -0.05) is 0 Å². The van der Waals surface area contributed by atoms with Crippen LogP contribution in [0.25, 0.3) is 0 Å². The topological polar surface area (TPSA) is 58.6 Å². The summed E-state index contributed by atoms with van der Waals surface area (Å²) in [4.78, 5) is 25.2. The number of aromatic nitrogens is 2. The molecule has 22 heavy (non-hydrogen) atoms. The molecule has 4 rings (SSSR count). The summed E-state index contributed by atoms with van der Waals surface area (Å²) >= 11 is 1.65. The first-order valence-electron chi connectivity index (χ1n) is 7.22. The van der Waals surface area contributed by atoms with Gasteiger partial charge < -0.3 is 9.64 Å². The van der Waals surface area contributed by atoms with Crippen molar-refractivity contribution in [2.45, 2.75) is 18.7 Å². The number of carbonyl (C=O) groups excluding carboxylic acids is 1. The summed E-state index contributed by atoms with van der Waals surface area (Å²) in [6.07, 6.45) is 3.43. The third-order valence-electron chi connectivity index (χ3n) is 4.24. The Morgan fingerprint density at radius 1 is 1.36 bits per heavy atom. The van der Waals surface area contributed by atoms with Gasteiger partial charge in [-0.2, -0.15) is 0 Å². The number of nitrogens with zero attached hydrogens (tertiary/aromatic N) is 4. The minimum absolute atomic E-state index is 0.0216. The lowest BCUT2D eigenvalue weighted by Gasteiger charge is -2.25. The molecule has 0 spiro atoms. The zero-order chi connectivity index (χ0) is 15.1. The van der Waals surface area contributed by atoms with E-state index in [9.17, 15) is 4.79 Å². The summed E-state index contributed by atoms with van der Waals surface area (Å²) in [7, 11) is 1.85. The first kappa shape index (κ1) is 13.7. The first-order chi connectivity index (χ1) is 10.7. The molecule has 2 atom stereocenters. The maximum absolute atomic E-state index is 12.6. The zero-order valence-electron chi connectivity index (χ0n) is 12.2. The van der Waals surface area contributed by atoms with Gasteiger partial charge in [-0.15, -0.1) is 11.3 Å². The van der Waals surface area contributed by atoms with Crippen molar-refractivity contribution in [1.82, 2.24) is 19.8 Å². The lowest BCUT2D eigenvalue weighted by atomic mass is 10.2. The van der Waals surface area contributed by atoms with Gasteiger partial charge in [-0.05, 0) is 12.1 Å². The van der Waals surface area contributed by atoms with Gasteiger partial charge in [0.2, 0.25) is 5.88 Å². The lowest BCUT2D eigenvalue weighted by Crippen LogP contribution is -2.44. The number of pyridine rings is 1. The van der Waals surface area contributed by atoms with E-state index in [-0.39, 0.29) is 18.1 Å². The molecule has 7 heteroatoms. The fraction of sp³-hybridized carbons (Fsp3) is 0.400. The number of hydrogen-bond donors (Lipinski definition) is 0. The predicted octanol–water partition coefficient (Wildman–Crippen LogP) is 1.26. The van der Waals surface area contributed by atoms with Gasteiger partial charge >= 0.3 is 0 Å². The Labute approximate surface area is 132 Å². The zero-order valence-corrected chi connectivity index (χ0v) is 13.0. The molecule has 0 saturated carbocycles. The maximum Gasteiger partial charge on any atom is 0.259 e. The minimum atomic E-state index is -0.0509. The van der Waals surface area contributed by atoms with Crippen LogP contribution in [0.5, 0.6) is 5.88 Å². The number of fused-ring (bicyclic) bond motifs is 2. The Morgan fingerprint density at radius 2 is 2.27 bits per heavy atom. The van der Waals surface area contributed by atoms with Crippen LogP contribution >= 0.6 is 11.3 Å². The van der Waals surface area contributed by atoms with Crippen LogP contribution in [0.1, 0.15) is 15.4 Å². The molecule has 0 aromatic carbocycles. The van der Waals surface area contributed by atoms with E-state index in [2.05, 4.69) is 14.9 Å². The van der Waals surface area contributed by atoms with Crippen molar-refractivity contribution < 1.29 is 9.53 Å². The highest BCUT2D eigenvalue weighted by molar-refractivity contribution is 7.09. The molecule has 0 unspecified atom stereocenters. The number of rotatable bonds is 2. The molecule has 2 aromatic heterocycles. The minimum Gasteiger partial charge on any atom is -0.470 e. The number of likely N-dealkylation sites (N-methyl/N-ethyl adjacent to an activating group) is 1. The standard InChI is InChI=1S/C15H16N4O2S/c1-18-11-7-19(9-13-16-5-6-22-13)8-12(11)21-14-10(15(18)20)3-2-4-17-14/h2-6,11-12H,7-9H2,1H3/t11-,12+/m1/s1. The van der Waals surface area contributed by atoms with E-state index in [0.29, 0.717) is 11.4 Å². The third kappa shape index (κ3) is 2.26. The Hall–Kier alpha value is -1.99. The fourth-order valence-electron chi connectivity index (χ4n) is 3.10. The lowest BCUT2D eigenvalue weighted by molar-refractivity contribution is 0.0680. The number of amides is 1. The predicted molar refractivity (Wildman–Crippen MR) is 81.9 cm³/mol. The van der Waals surface area contributed by atoms with Crippen molar-refractivity contribution in [1.29, 1.82) is 0 Å². The number of hydrogen-bond acceptors (Lipinski definition) is 6. The van der Waals surface area contributed by atoms with Gasteiger partial charge in [0.05, 0.1) is 12.6 Å². The summed E-state index contributed by atoms with van der Waals surface area (Å²) in [6, 6.07) is 3.58. The normalized spacial score (nSPS) is 24.6. The molecule has 114 valence electrons. The molecular formula is C15H16N4O2S. The van der Waals surface area contributed by atoms with E-state index in [0.717, 1.165) is 24.6 Å². The number of likely N-dealkylation sites (tertiary alicyclic amines) is 1. The summed E-state index contributed by atoms with van der Waals surface area (Å²) in [5.41, 5.74) is 0.547. The van der Waals surface area contributed by atoms with Crippen LogP contribution in [0.3, 0.4) is 0 Å². The van der Waals surface area contributed by atoms with Crippen molar-refractivity contribution in [2.24, 2.45) is 0 Å². The van der Waals surface area contributed by atoms with Crippen molar-refractivity contribution in [3.05, 3.63) is 40.5 Å². The third-order valence-corrected chi connectivity index (χ3v) is 5.00. The molecule has 1 fully saturated rings. The Bertz CT molecular complexity index is 691. The molecule has 2 aliphatic rings. The van der Waals surface area contributed by atoms with Gasteiger partial charge in [0.15, 0.2) is 0 Å². The molecule has 2 aromatic rings. The van der Waals surface area contributed by atoms with E-state index < -0.39 is 0 Å². The molecule has 2 aliphatic heterocycles. The van der Waals surface area contributed by atoms with E-state index >= 15 is 0 Å². The largest absolute Gasteiger partial charge is 0.470 e. The molecule has 0 N–H and O–H groups in total. The van der Waals surface area contributed by atoms with Gasteiger partial charge in [-0.25, -0.2) is 9.97 Å². The van der Waals surface area contributed by atoms with Gasteiger partial charge in [0, 0.05) is 37.9 Å². The highest BCUT2D eigenvalue weighted by atomic mass is 32.1. The van der Waals surface area contributed by atoms with E-state index in [1.165, 1.54) is 0 Å². The van der Waals surface area contributed by atoms with E-state index in [1.54, 1.807) is 34.6 Å². The Kier molecular flexibility index (Phi) is 3.31. The van der Waals surface area contributed by atoms with Crippen LogP contribution < -0.4 is 4.74 Å². The molecule has 0 radical (unpaired) electrons. The molecular weight excluding hydrogens is 300 g/mol. The summed E-state index contributed by atoms with van der Waals surface area (Å²) in [6.45, 7) is 2.36. The van der Waals surface area contributed by atoms with Gasteiger partial charge in [0.25, 0.3) is 5.91 Å². The second-order valence-electron chi connectivity index (χ2n) is 5.62. The quantitative estimate of drug-likeness (QED) is 0.835. The van der Waals surface area contributed by atoms with E-state index in [1.807, 2.05) is 18.6 Å². The van der Waals surface area contributed by atoms with Crippen LogP contribution in [0.15, 0.2) is 29.9 Å². The van der Waals surface area contributed by atoms with Crippen LogP contribution in [0.2, 0.25) is 0 Å². The molecule has 1 saturated heterocycles. The van der Waals surface area contributed by atoms with Crippen LogP contribution in [0.4, 0.5) is 0 Å². The summed E-state index contributed by atoms with van der Waals surface area (Å²) in [5, 5.41) is 3.07. The SMILES string of the molecule is CN1C(=O)c2cccnc2O[C@H]2CN(Cc3nccs3)C[C@H]21. The second-order valence-corrected chi connectivity index (χ2v) is 6.59.